The summed E-state index contributed by atoms with van der Waals surface area (Å²) in [5, 5.41) is 2.08. The van der Waals surface area contributed by atoms with Crippen LogP contribution in [0.5, 0.6) is 0 Å². The van der Waals surface area contributed by atoms with Gasteiger partial charge in [-0.3, -0.25) is 4.98 Å². The van der Waals surface area contributed by atoms with Crippen LogP contribution in [0.1, 0.15) is 0 Å². The molecule has 1 nitrogen and oxygen atoms in total. The van der Waals surface area contributed by atoms with Gasteiger partial charge in [-0.05, 0) is 34.7 Å². The van der Waals surface area contributed by atoms with Gasteiger partial charge in [0.2, 0.25) is 0 Å². The summed E-state index contributed by atoms with van der Waals surface area (Å²) in [7, 11) is 0. The molecule has 13 heavy (non-hydrogen) atoms. The van der Waals surface area contributed by atoms with Crippen LogP contribution in [0.15, 0.2) is 24.4 Å². The molecule has 0 N–H and O–H groups in total. The molecule has 0 fully saturated rings. The number of halogens is 3. The summed E-state index contributed by atoms with van der Waals surface area (Å²) >= 11 is 14.0. The molecule has 66 valence electrons. The maximum absolute atomic E-state index is 5.98. The van der Waals surface area contributed by atoms with Crippen molar-refractivity contribution in [2.24, 2.45) is 0 Å². The van der Waals surface area contributed by atoms with Crippen molar-refractivity contribution in [3.05, 3.63) is 38.0 Å². The third kappa shape index (κ3) is 1.75. The minimum atomic E-state index is 0.524. The van der Waals surface area contributed by atoms with E-state index >= 15 is 0 Å². The molecule has 0 amide bonds. The highest BCUT2D eigenvalue weighted by molar-refractivity contribution is 14.1. The fourth-order valence-corrected chi connectivity index (χ4v) is 1.96. The minimum absolute atomic E-state index is 0.524. The van der Waals surface area contributed by atoms with E-state index in [9.17, 15) is 0 Å². The van der Waals surface area contributed by atoms with E-state index in [1.807, 2.05) is 12.1 Å². The van der Waals surface area contributed by atoms with Crippen LogP contribution in [0.3, 0.4) is 0 Å². The van der Waals surface area contributed by atoms with E-state index in [0.717, 1.165) is 14.5 Å². The van der Waals surface area contributed by atoms with Crippen molar-refractivity contribution in [2.75, 3.05) is 0 Å². The minimum Gasteiger partial charge on any atom is -0.254 e. The number of hydrogen-bond acceptors (Lipinski definition) is 1. The number of hydrogen-bond donors (Lipinski definition) is 0. The molecule has 0 aliphatic heterocycles. The van der Waals surface area contributed by atoms with E-state index in [4.69, 9.17) is 23.2 Å². The summed E-state index contributed by atoms with van der Waals surface area (Å²) in [5.74, 6) is 0. The van der Waals surface area contributed by atoms with Gasteiger partial charge in [0.15, 0.2) is 0 Å². The molecule has 2 aromatic rings. The van der Waals surface area contributed by atoms with E-state index in [0.29, 0.717) is 10.0 Å². The van der Waals surface area contributed by atoms with Gasteiger partial charge in [-0.15, -0.1) is 0 Å². The third-order valence-corrected chi connectivity index (χ3v) is 3.09. The Balaban J connectivity index is 2.87. The summed E-state index contributed by atoms with van der Waals surface area (Å²) in [6.07, 6.45) is 1.77. The van der Waals surface area contributed by atoms with E-state index < -0.39 is 0 Å². The number of rotatable bonds is 0. The predicted molar refractivity (Wildman–Crippen MR) is 64.5 cm³/mol. The first kappa shape index (κ1) is 9.49. The Bertz CT molecular complexity index is 470. The lowest BCUT2D eigenvalue weighted by molar-refractivity contribution is 1.39. The Morgan fingerprint density at radius 2 is 2.00 bits per heavy atom. The van der Waals surface area contributed by atoms with Crippen LogP contribution in [-0.4, -0.2) is 4.98 Å². The molecule has 1 aromatic heterocycles. The molecule has 0 aliphatic carbocycles. The van der Waals surface area contributed by atoms with E-state index in [1.165, 1.54) is 0 Å². The summed E-state index contributed by atoms with van der Waals surface area (Å²) < 4.78 is 1.09. The molecule has 4 heteroatoms. The van der Waals surface area contributed by atoms with Crippen LogP contribution >= 0.6 is 45.8 Å². The second-order valence-corrected chi connectivity index (χ2v) is 4.62. The molecule has 1 aromatic carbocycles. The first-order chi connectivity index (χ1) is 6.18. The van der Waals surface area contributed by atoms with Crippen molar-refractivity contribution in [3.63, 3.8) is 0 Å². The van der Waals surface area contributed by atoms with Crippen LogP contribution in [0.25, 0.3) is 10.9 Å². The maximum Gasteiger partial charge on any atom is 0.0904 e. The van der Waals surface area contributed by atoms with Crippen LogP contribution in [0, 0.1) is 3.57 Å². The summed E-state index contributed by atoms with van der Waals surface area (Å²) in [5.41, 5.74) is 0.759. The summed E-state index contributed by atoms with van der Waals surface area (Å²) in [6.45, 7) is 0. The molecule has 0 aliphatic rings. The number of benzene rings is 1. The quantitative estimate of drug-likeness (QED) is 0.664. The zero-order valence-electron chi connectivity index (χ0n) is 6.39. The van der Waals surface area contributed by atoms with Crippen molar-refractivity contribution in [3.8, 4) is 0 Å². The van der Waals surface area contributed by atoms with Crippen LogP contribution in [0.4, 0.5) is 0 Å². The van der Waals surface area contributed by atoms with Gasteiger partial charge in [0, 0.05) is 15.2 Å². The van der Waals surface area contributed by atoms with Gasteiger partial charge in [-0.2, -0.15) is 0 Å². The fraction of sp³-hybridized carbons (Fsp3) is 0. The molecule has 0 saturated carbocycles. The Morgan fingerprint density at radius 1 is 1.23 bits per heavy atom. The van der Waals surface area contributed by atoms with Gasteiger partial charge in [0.25, 0.3) is 0 Å². The smallest absolute Gasteiger partial charge is 0.0904 e. The zero-order chi connectivity index (χ0) is 9.42. The zero-order valence-corrected chi connectivity index (χ0v) is 10.1. The Kier molecular flexibility index (Phi) is 2.62. The van der Waals surface area contributed by atoms with Crippen LogP contribution < -0.4 is 0 Å². The molecule has 2 rings (SSSR count). The van der Waals surface area contributed by atoms with Crippen LogP contribution in [-0.2, 0) is 0 Å². The number of fused-ring (bicyclic) bond motifs is 1. The number of nitrogens with zero attached hydrogens (tertiary/aromatic N) is 1. The average molecular weight is 324 g/mol. The lowest BCUT2D eigenvalue weighted by Crippen LogP contribution is -1.82. The standard InChI is InChI=1S/C9H4Cl2IN/c10-7-2-1-5-3-6(12)4-13-9(5)8(7)11/h1-4H. The summed E-state index contributed by atoms with van der Waals surface area (Å²) in [4.78, 5) is 4.22. The lowest BCUT2D eigenvalue weighted by Gasteiger charge is -2.01. The van der Waals surface area contributed by atoms with Crippen molar-refractivity contribution >= 4 is 56.7 Å². The molecule has 1 heterocycles. The van der Waals surface area contributed by atoms with E-state index in [1.54, 1.807) is 12.3 Å². The monoisotopic (exact) mass is 323 g/mol. The van der Waals surface area contributed by atoms with Gasteiger partial charge < -0.3 is 0 Å². The third-order valence-electron chi connectivity index (χ3n) is 1.71. The molecule has 0 spiro atoms. The van der Waals surface area contributed by atoms with Gasteiger partial charge in [0.05, 0.1) is 15.6 Å². The highest BCUT2D eigenvalue weighted by atomic mass is 127. The second-order valence-electron chi connectivity index (χ2n) is 2.59. The van der Waals surface area contributed by atoms with Crippen LogP contribution in [0.2, 0.25) is 10.0 Å². The van der Waals surface area contributed by atoms with Crippen molar-refractivity contribution in [1.82, 2.24) is 4.98 Å². The van der Waals surface area contributed by atoms with E-state index in [2.05, 4.69) is 27.6 Å². The number of pyridine rings is 1. The Labute approximate surface area is 99.2 Å². The normalized spacial score (nSPS) is 10.7. The topological polar surface area (TPSA) is 12.9 Å². The molecule has 0 atom stereocenters. The molecule has 0 radical (unpaired) electrons. The second kappa shape index (κ2) is 3.59. The fourth-order valence-electron chi connectivity index (χ4n) is 1.11. The van der Waals surface area contributed by atoms with Gasteiger partial charge in [-0.25, -0.2) is 0 Å². The average Bonchev–Trinajstić information content (AvgIpc) is 2.12. The number of aromatic nitrogens is 1. The Morgan fingerprint density at radius 3 is 2.77 bits per heavy atom. The SMILES string of the molecule is Clc1ccc2cc(I)cnc2c1Cl. The predicted octanol–water partition coefficient (Wildman–Crippen LogP) is 4.15. The molecular formula is C9H4Cl2IN. The lowest BCUT2D eigenvalue weighted by atomic mass is 10.2. The van der Waals surface area contributed by atoms with Gasteiger partial charge in [0.1, 0.15) is 0 Å². The largest absolute Gasteiger partial charge is 0.254 e. The maximum atomic E-state index is 5.98. The molecular weight excluding hydrogens is 320 g/mol. The first-order valence-electron chi connectivity index (χ1n) is 3.58. The molecule has 0 saturated heterocycles. The highest BCUT2D eigenvalue weighted by Crippen LogP contribution is 2.29. The molecule has 0 unspecified atom stereocenters. The van der Waals surface area contributed by atoms with Crippen molar-refractivity contribution in [1.29, 1.82) is 0 Å². The molecule has 0 bridgehead atoms. The Hall–Kier alpha value is -0.0600. The highest BCUT2D eigenvalue weighted by Gasteiger charge is 2.04. The first-order valence-corrected chi connectivity index (χ1v) is 5.41. The van der Waals surface area contributed by atoms with E-state index in [-0.39, 0.29) is 0 Å². The van der Waals surface area contributed by atoms with Crippen molar-refractivity contribution < 1.29 is 0 Å². The van der Waals surface area contributed by atoms with Gasteiger partial charge in [-0.1, -0.05) is 29.3 Å². The van der Waals surface area contributed by atoms with Gasteiger partial charge >= 0.3 is 0 Å². The van der Waals surface area contributed by atoms with Crippen molar-refractivity contribution in [2.45, 2.75) is 0 Å². The summed E-state index contributed by atoms with van der Waals surface area (Å²) in [6, 6.07) is 5.72.